The van der Waals surface area contributed by atoms with Crippen LogP contribution in [0.1, 0.15) is 33.1 Å². The summed E-state index contributed by atoms with van der Waals surface area (Å²) in [5, 5.41) is 9.10. The Morgan fingerprint density at radius 1 is 1.70 bits per heavy atom. The normalized spacial score (nSPS) is 12.3. The molecule has 0 saturated carbocycles. The second-order valence-corrected chi connectivity index (χ2v) is 2.48. The van der Waals surface area contributed by atoms with Gasteiger partial charge in [-0.15, -0.1) is 5.73 Å². The Balaban J connectivity index is 3.75. The molecule has 0 heterocycles. The average molecular weight is 140 g/mol. The number of unbranched alkanes of at least 4 members (excludes halogenated alkanes) is 1. The molecule has 0 aliphatic carbocycles. The molecule has 0 aromatic rings. The van der Waals surface area contributed by atoms with Crippen molar-refractivity contribution in [3.8, 4) is 0 Å². The van der Waals surface area contributed by atoms with E-state index in [1.165, 1.54) is 0 Å². The predicted octanol–water partition coefficient (Wildman–Crippen LogP) is 2.27. The van der Waals surface area contributed by atoms with Gasteiger partial charge in [0, 0.05) is 0 Å². The third kappa shape index (κ3) is 3.49. The van der Waals surface area contributed by atoms with Gasteiger partial charge in [-0.25, -0.2) is 0 Å². The number of hydrogen-bond donors (Lipinski definition) is 1. The fourth-order valence-electron chi connectivity index (χ4n) is 0.812. The molecule has 0 amide bonds. The second kappa shape index (κ2) is 5.28. The van der Waals surface area contributed by atoms with Gasteiger partial charge in [0.25, 0.3) is 0 Å². The molecule has 1 nitrogen and oxygen atoms in total. The van der Waals surface area contributed by atoms with Crippen LogP contribution in [-0.4, -0.2) is 11.2 Å². The van der Waals surface area contributed by atoms with Crippen molar-refractivity contribution in [2.45, 2.75) is 39.2 Å². The minimum atomic E-state index is -0.371. The van der Waals surface area contributed by atoms with E-state index in [1.807, 2.05) is 0 Å². The van der Waals surface area contributed by atoms with Gasteiger partial charge >= 0.3 is 0 Å². The zero-order valence-electron chi connectivity index (χ0n) is 6.85. The summed E-state index contributed by atoms with van der Waals surface area (Å²) in [6, 6.07) is 0. The van der Waals surface area contributed by atoms with Crippen molar-refractivity contribution in [1.82, 2.24) is 0 Å². The molecule has 0 fully saturated rings. The summed E-state index contributed by atoms with van der Waals surface area (Å²) in [5.74, 6) is 0. The van der Waals surface area contributed by atoms with Gasteiger partial charge in [0.05, 0.1) is 6.10 Å². The monoisotopic (exact) mass is 140 g/mol. The topological polar surface area (TPSA) is 20.2 Å². The summed E-state index contributed by atoms with van der Waals surface area (Å²) in [5.41, 5.74) is 3.69. The molecule has 0 aliphatic rings. The molecule has 0 aromatic heterocycles. The molecule has 1 N–H and O–H groups in total. The van der Waals surface area contributed by atoms with Crippen LogP contribution in [0.5, 0.6) is 0 Å². The quantitative estimate of drug-likeness (QED) is 0.594. The predicted molar refractivity (Wildman–Crippen MR) is 43.9 cm³/mol. The van der Waals surface area contributed by atoms with E-state index in [4.69, 9.17) is 5.11 Å². The SMILES string of the molecule is C=C=C(CCCC)[C@@H](C)O. The molecule has 0 aliphatic heterocycles. The molecule has 58 valence electrons. The molecule has 0 aromatic carbocycles. The average Bonchev–Trinajstić information content (AvgIpc) is 1.89. The maximum absolute atomic E-state index is 9.10. The van der Waals surface area contributed by atoms with E-state index >= 15 is 0 Å². The lowest BCUT2D eigenvalue weighted by Gasteiger charge is -2.05. The van der Waals surface area contributed by atoms with E-state index in [1.54, 1.807) is 6.92 Å². The first kappa shape index (κ1) is 9.48. The standard InChI is InChI=1S/C9H16O/c1-4-6-7-9(5-2)8(3)10/h8,10H,2,4,6-7H2,1,3H3/t8-/m1/s1. The molecule has 0 saturated heterocycles. The summed E-state index contributed by atoms with van der Waals surface area (Å²) < 4.78 is 0. The molecule has 0 bridgehead atoms. The van der Waals surface area contributed by atoms with E-state index in [2.05, 4.69) is 19.2 Å². The summed E-state index contributed by atoms with van der Waals surface area (Å²) >= 11 is 0. The number of hydrogen-bond acceptors (Lipinski definition) is 1. The molecule has 1 heteroatoms. The van der Waals surface area contributed by atoms with E-state index < -0.39 is 0 Å². The van der Waals surface area contributed by atoms with Crippen molar-refractivity contribution in [1.29, 1.82) is 0 Å². The molecule has 1 atom stereocenters. The highest BCUT2D eigenvalue weighted by Gasteiger charge is 2.01. The van der Waals surface area contributed by atoms with E-state index in [0.29, 0.717) is 0 Å². The van der Waals surface area contributed by atoms with Crippen LogP contribution < -0.4 is 0 Å². The molecule has 0 rings (SSSR count). The molecule has 0 radical (unpaired) electrons. The smallest absolute Gasteiger partial charge is 0.0795 e. The Kier molecular flexibility index (Phi) is 5.00. The Morgan fingerprint density at radius 3 is 2.60 bits per heavy atom. The lowest BCUT2D eigenvalue weighted by Crippen LogP contribution is -2.02. The van der Waals surface area contributed by atoms with Gasteiger partial charge in [0.15, 0.2) is 0 Å². The van der Waals surface area contributed by atoms with Crippen LogP contribution >= 0.6 is 0 Å². The molecule has 0 unspecified atom stereocenters. The van der Waals surface area contributed by atoms with Crippen molar-refractivity contribution in [2.75, 3.05) is 0 Å². The van der Waals surface area contributed by atoms with Gasteiger partial charge < -0.3 is 5.11 Å². The van der Waals surface area contributed by atoms with Crippen LogP contribution in [0.25, 0.3) is 0 Å². The van der Waals surface area contributed by atoms with Crippen LogP contribution in [0, 0.1) is 0 Å². The van der Waals surface area contributed by atoms with Gasteiger partial charge in [-0.1, -0.05) is 19.9 Å². The summed E-state index contributed by atoms with van der Waals surface area (Å²) in [6.07, 6.45) is 2.82. The van der Waals surface area contributed by atoms with Gasteiger partial charge in [-0.2, -0.15) is 0 Å². The lowest BCUT2D eigenvalue weighted by molar-refractivity contribution is 0.226. The minimum absolute atomic E-state index is 0.371. The third-order valence-electron chi connectivity index (χ3n) is 1.53. The van der Waals surface area contributed by atoms with Crippen molar-refractivity contribution in [3.63, 3.8) is 0 Å². The molecular formula is C9H16O. The van der Waals surface area contributed by atoms with Crippen LogP contribution in [0.2, 0.25) is 0 Å². The Labute approximate surface area is 63.1 Å². The summed E-state index contributed by atoms with van der Waals surface area (Å²) in [6.45, 7) is 7.39. The lowest BCUT2D eigenvalue weighted by atomic mass is 10.1. The highest BCUT2D eigenvalue weighted by atomic mass is 16.3. The zero-order valence-corrected chi connectivity index (χ0v) is 6.85. The van der Waals surface area contributed by atoms with Gasteiger partial charge in [-0.05, 0) is 25.3 Å². The fourth-order valence-corrected chi connectivity index (χ4v) is 0.812. The van der Waals surface area contributed by atoms with Gasteiger partial charge in [0.2, 0.25) is 0 Å². The van der Waals surface area contributed by atoms with Gasteiger partial charge in [-0.3, -0.25) is 0 Å². The van der Waals surface area contributed by atoms with Crippen LogP contribution in [-0.2, 0) is 0 Å². The van der Waals surface area contributed by atoms with Crippen molar-refractivity contribution >= 4 is 0 Å². The highest BCUT2D eigenvalue weighted by molar-refractivity contribution is 5.03. The zero-order chi connectivity index (χ0) is 7.98. The first-order chi connectivity index (χ1) is 4.72. The second-order valence-electron chi connectivity index (χ2n) is 2.48. The maximum Gasteiger partial charge on any atom is 0.0795 e. The number of aliphatic hydroxyl groups is 1. The third-order valence-corrected chi connectivity index (χ3v) is 1.53. The van der Waals surface area contributed by atoms with Crippen LogP contribution in [0.15, 0.2) is 17.9 Å². The van der Waals surface area contributed by atoms with Gasteiger partial charge in [0.1, 0.15) is 0 Å². The Bertz CT molecular complexity index is 130. The summed E-state index contributed by atoms with van der Waals surface area (Å²) in [7, 11) is 0. The molecule has 0 spiro atoms. The van der Waals surface area contributed by atoms with Crippen LogP contribution in [0.3, 0.4) is 0 Å². The Hall–Kier alpha value is -0.520. The van der Waals surface area contributed by atoms with Crippen LogP contribution in [0.4, 0.5) is 0 Å². The first-order valence-electron chi connectivity index (χ1n) is 3.79. The Morgan fingerprint density at radius 2 is 2.30 bits per heavy atom. The fraction of sp³-hybridized carbons (Fsp3) is 0.667. The van der Waals surface area contributed by atoms with E-state index in [9.17, 15) is 0 Å². The maximum atomic E-state index is 9.10. The minimum Gasteiger partial charge on any atom is -0.388 e. The first-order valence-corrected chi connectivity index (χ1v) is 3.79. The van der Waals surface area contributed by atoms with E-state index in [0.717, 1.165) is 24.8 Å². The van der Waals surface area contributed by atoms with Crippen molar-refractivity contribution in [2.24, 2.45) is 0 Å². The highest BCUT2D eigenvalue weighted by Crippen LogP contribution is 2.09. The summed E-state index contributed by atoms with van der Waals surface area (Å²) in [4.78, 5) is 0. The molecule has 10 heavy (non-hydrogen) atoms. The molecular weight excluding hydrogens is 124 g/mol. The van der Waals surface area contributed by atoms with Crippen molar-refractivity contribution in [3.05, 3.63) is 17.9 Å². The number of aliphatic hydroxyl groups excluding tert-OH is 1. The number of rotatable bonds is 4. The van der Waals surface area contributed by atoms with Crippen molar-refractivity contribution < 1.29 is 5.11 Å². The largest absolute Gasteiger partial charge is 0.388 e. The van der Waals surface area contributed by atoms with E-state index in [-0.39, 0.29) is 6.10 Å².